The number of H-pyrrole nitrogens is 1. The van der Waals surface area contributed by atoms with E-state index in [-0.39, 0.29) is 24.3 Å². The van der Waals surface area contributed by atoms with E-state index in [2.05, 4.69) is 25.9 Å². The molecule has 1 aliphatic rings. The van der Waals surface area contributed by atoms with Crippen molar-refractivity contribution >= 4 is 37.6 Å². The summed E-state index contributed by atoms with van der Waals surface area (Å²) in [4.78, 5) is 19.3. The largest absolute Gasteiger partial charge is 0.328 e. The van der Waals surface area contributed by atoms with Crippen LogP contribution >= 0.6 is 15.9 Å². The lowest BCUT2D eigenvalue weighted by atomic mass is 9.77. The zero-order chi connectivity index (χ0) is 15.5. The van der Waals surface area contributed by atoms with Crippen molar-refractivity contribution in [3.05, 3.63) is 51.0 Å². The van der Waals surface area contributed by atoms with Crippen molar-refractivity contribution in [3.8, 4) is 0 Å². The number of nitrogens with one attached hydrogen (secondary N) is 1. The highest BCUT2D eigenvalue weighted by molar-refractivity contribution is 9.10. The lowest BCUT2D eigenvalue weighted by Crippen LogP contribution is -2.34. The van der Waals surface area contributed by atoms with Gasteiger partial charge in [-0.25, -0.2) is 8.78 Å². The predicted molar refractivity (Wildman–Crippen MR) is 84.5 cm³/mol. The van der Waals surface area contributed by atoms with Crippen molar-refractivity contribution in [1.29, 1.82) is 0 Å². The molecule has 4 rings (SSSR count). The number of fused-ring (bicyclic) bond motifs is 3. The van der Waals surface area contributed by atoms with E-state index >= 15 is 0 Å². The Morgan fingerprint density at radius 1 is 1.23 bits per heavy atom. The molecule has 3 nitrogen and oxygen atoms in total. The second-order valence-electron chi connectivity index (χ2n) is 5.72. The topological polar surface area (TPSA) is 45.8 Å². The third kappa shape index (κ3) is 2.05. The summed E-state index contributed by atoms with van der Waals surface area (Å²) in [6, 6.07) is 7.23. The normalized spacial score (nSPS) is 17.8. The van der Waals surface area contributed by atoms with Crippen LogP contribution < -0.4 is 5.56 Å². The Morgan fingerprint density at radius 3 is 2.73 bits per heavy atom. The van der Waals surface area contributed by atoms with Crippen molar-refractivity contribution < 1.29 is 8.78 Å². The second-order valence-corrected chi connectivity index (χ2v) is 6.63. The average Bonchev–Trinajstić information content (AvgIpc) is 2.43. The highest BCUT2D eigenvalue weighted by atomic mass is 79.9. The van der Waals surface area contributed by atoms with Crippen LogP contribution in [0.5, 0.6) is 0 Å². The minimum absolute atomic E-state index is 0.181. The average molecular weight is 365 g/mol. The number of hydrogen-bond donors (Lipinski definition) is 1. The molecule has 22 heavy (non-hydrogen) atoms. The Labute approximate surface area is 132 Å². The molecule has 0 radical (unpaired) electrons. The molecule has 1 N–H and O–H groups in total. The fraction of sp³-hybridized carbons (Fsp3) is 0.250. The molecule has 0 atom stereocenters. The van der Waals surface area contributed by atoms with Gasteiger partial charge in [0.05, 0.1) is 16.6 Å². The SMILES string of the molecule is O=c1[nH]ccc2nc(C3CC(F)(F)C3)c3ccc(Br)cc3c12. The molecule has 1 aliphatic carbocycles. The molecule has 0 spiro atoms. The van der Waals surface area contributed by atoms with Gasteiger partial charge in [0, 0.05) is 34.8 Å². The summed E-state index contributed by atoms with van der Waals surface area (Å²) in [5.74, 6) is -2.86. The summed E-state index contributed by atoms with van der Waals surface area (Å²) in [5, 5.41) is 2.01. The maximum Gasteiger partial charge on any atom is 0.258 e. The van der Waals surface area contributed by atoms with Gasteiger partial charge in [0.2, 0.25) is 5.92 Å². The molecule has 0 aliphatic heterocycles. The van der Waals surface area contributed by atoms with E-state index < -0.39 is 5.92 Å². The zero-order valence-corrected chi connectivity index (χ0v) is 13.0. The minimum atomic E-state index is -2.60. The Kier molecular flexibility index (Phi) is 2.88. The first-order valence-corrected chi connectivity index (χ1v) is 7.72. The molecule has 1 aromatic carbocycles. The number of nitrogens with zero attached hydrogens (tertiary/aromatic N) is 1. The van der Waals surface area contributed by atoms with E-state index in [4.69, 9.17) is 0 Å². The smallest absolute Gasteiger partial charge is 0.258 e. The van der Waals surface area contributed by atoms with Crippen LogP contribution in [0.15, 0.2) is 39.7 Å². The van der Waals surface area contributed by atoms with E-state index in [9.17, 15) is 13.6 Å². The van der Waals surface area contributed by atoms with E-state index in [0.717, 1.165) is 15.2 Å². The van der Waals surface area contributed by atoms with Crippen LogP contribution in [0.4, 0.5) is 8.78 Å². The first-order chi connectivity index (χ1) is 10.4. The molecule has 0 saturated heterocycles. The van der Waals surface area contributed by atoms with Crippen LogP contribution in [0, 0.1) is 0 Å². The summed E-state index contributed by atoms with van der Waals surface area (Å²) >= 11 is 3.40. The Balaban J connectivity index is 2.06. The highest BCUT2D eigenvalue weighted by Crippen LogP contribution is 2.49. The molecule has 1 fully saturated rings. The van der Waals surface area contributed by atoms with Gasteiger partial charge in [-0.3, -0.25) is 9.78 Å². The lowest BCUT2D eigenvalue weighted by molar-refractivity contribution is -0.0872. The Bertz CT molecular complexity index is 959. The maximum atomic E-state index is 13.2. The summed E-state index contributed by atoms with van der Waals surface area (Å²) < 4.78 is 27.3. The molecule has 112 valence electrons. The molecular formula is C16H11BrF2N2O. The van der Waals surface area contributed by atoms with Crippen LogP contribution in [0.1, 0.15) is 24.5 Å². The molecule has 2 aromatic heterocycles. The minimum Gasteiger partial charge on any atom is -0.328 e. The molecule has 0 amide bonds. The van der Waals surface area contributed by atoms with E-state index in [1.807, 2.05) is 18.2 Å². The summed E-state index contributed by atoms with van der Waals surface area (Å²) in [7, 11) is 0. The Hall–Kier alpha value is -1.82. The van der Waals surface area contributed by atoms with Gasteiger partial charge in [0.15, 0.2) is 0 Å². The molecule has 0 unspecified atom stereocenters. The van der Waals surface area contributed by atoms with Gasteiger partial charge < -0.3 is 4.98 Å². The molecule has 3 aromatic rings. The van der Waals surface area contributed by atoms with Gasteiger partial charge in [0.25, 0.3) is 5.56 Å². The molecule has 0 bridgehead atoms. The first kappa shape index (κ1) is 13.8. The summed E-state index contributed by atoms with van der Waals surface area (Å²) in [6.45, 7) is 0. The van der Waals surface area contributed by atoms with Crippen molar-refractivity contribution in [3.63, 3.8) is 0 Å². The van der Waals surface area contributed by atoms with Gasteiger partial charge in [0.1, 0.15) is 0 Å². The number of aromatic amines is 1. The summed E-state index contributed by atoms with van der Waals surface area (Å²) in [5.41, 5.74) is 0.977. The van der Waals surface area contributed by atoms with Crippen LogP contribution in [0.2, 0.25) is 0 Å². The van der Waals surface area contributed by atoms with Crippen molar-refractivity contribution in [2.24, 2.45) is 0 Å². The third-order valence-electron chi connectivity index (χ3n) is 4.18. The summed E-state index contributed by atoms with van der Waals surface area (Å²) in [6.07, 6.45) is 1.17. The van der Waals surface area contributed by atoms with Gasteiger partial charge in [-0.1, -0.05) is 22.0 Å². The molecule has 1 saturated carbocycles. The number of benzene rings is 1. The second kappa shape index (κ2) is 4.59. The lowest BCUT2D eigenvalue weighted by Gasteiger charge is -2.35. The number of aromatic nitrogens is 2. The van der Waals surface area contributed by atoms with E-state index in [0.29, 0.717) is 16.6 Å². The number of hydrogen-bond acceptors (Lipinski definition) is 2. The van der Waals surface area contributed by atoms with Gasteiger partial charge >= 0.3 is 0 Å². The zero-order valence-electron chi connectivity index (χ0n) is 11.4. The van der Waals surface area contributed by atoms with Gasteiger partial charge in [-0.05, 0) is 23.6 Å². The highest BCUT2D eigenvalue weighted by Gasteiger charge is 2.47. The molecular weight excluding hydrogens is 354 g/mol. The van der Waals surface area contributed by atoms with Crippen LogP contribution in [0.25, 0.3) is 21.7 Å². The van der Waals surface area contributed by atoms with Crippen molar-refractivity contribution in [1.82, 2.24) is 9.97 Å². The van der Waals surface area contributed by atoms with Gasteiger partial charge in [-0.2, -0.15) is 0 Å². The number of alkyl halides is 2. The van der Waals surface area contributed by atoms with Crippen LogP contribution in [-0.4, -0.2) is 15.9 Å². The molecule has 2 heterocycles. The first-order valence-electron chi connectivity index (χ1n) is 6.93. The molecule has 6 heteroatoms. The van der Waals surface area contributed by atoms with E-state index in [1.165, 1.54) is 6.20 Å². The standard InChI is InChI=1S/C16H11BrF2N2O/c17-9-1-2-10-11(5-9)13-12(3-4-20-15(13)22)21-14(10)8-6-16(18,19)7-8/h1-5,8H,6-7H2,(H,20,22). The quantitative estimate of drug-likeness (QED) is 0.652. The number of pyridine rings is 2. The fourth-order valence-electron chi connectivity index (χ4n) is 3.12. The van der Waals surface area contributed by atoms with Crippen LogP contribution in [0.3, 0.4) is 0 Å². The van der Waals surface area contributed by atoms with Crippen LogP contribution in [-0.2, 0) is 0 Å². The maximum absolute atomic E-state index is 13.2. The number of rotatable bonds is 1. The van der Waals surface area contributed by atoms with Crippen molar-refractivity contribution in [2.75, 3.05) is 0 Å². The third-order valence-corrected chi connectivity index (χ3v) is 4.68. The number of halogens is 3. The van der Waals surface area contributed by atoms with E-state index in [1.54, 1.807) is 6.07 Å². The predicted octanol–water partition coefficient (Wildman–Crippen LogP) is 4.35. The Morgan fingerprint density at radius 2 is 2.00 bits per heavy atom. The van der Waals surface area contributed by atoms with Gasteiger partial charge in [-0.15, -0.1) is 0 Å². The van der Waals surface area contributed by atoms with Crippen molar-refractivity contribution in [2.45, 2.75) is 24.7 Å². The monoisotopic (exact) mass is 364 g/mol. The fourth-order valence-corrected chi connectivity index (χ4v) is 3.49.